The number of amides is 3. The van der Waals surface area contributed by atoms with Crippen LogP contribution in [-0.4, -0.2) is 51.1 Å². The van der Waals surface area contributed by atoms with Gasteiger partial charge in [0.25, 0.3) is 5.91 Å². The van der Waals surface area contributed by atoms with E-state index in [1.807, 2.05) is 41.3 Å². The Bertz CT molecular complexity index is 1170. The maximum absolute atomic E-state index is 13.2. The molecule has 5 fully saturated rings. The summed E-state index contributed by atoms with van der Waals surface area (Å²) in [7, 11) is 0. The number of likely N-dealkylation sites (tertiary alicyclic amines) is 1. The van der Waals surface area contributed by atoms with Crippen LogP contribution in [0.2, 0.25) is 0 Å². The van der Waals surface area contributed by atoms with Crippen molar-refractivity contribution in [2.45, 2.75) is 77.7 Å². The van der Waals surface area contributed by atoms with E-state index >= 15 is 0 Å². The molecular formula is C29H39N5O3. The average molecular weight is 506 g/mol. The van der Waals surface area contributed by atoms with Crippen molar-refractivity contribution in [2.75, 3.05) is 18.4 Å². The number of hydrogen-bond acceptors (Lipinski definition) is 4. The van der Waals surface area contributed by atoms with Crippen LogP contribution in [0.3, 0.4) is 0 Å². The highest BCUT2D eigenvalue weighted by Crippen LogP contribution is 2.61. The fourth-order valence-corrected chi connectivity index (χ4v) is 8.01. The molecule has 1 saturated heterocycles. The smallest absolute Gasteiger partial charge is 0.274 e. The number of carbonyl (C=O) groups is 3. The third-order valence-electron chi connectivity index (χ3n) is 9.33. The molecule has 8 nitrogen and oxygen atoms in total. The first kappa shape index (κ1) is 24.4. The van der Waals surface area contributed by atoms with Gasteiger partial charge in [0.05, 0.1) is 0 Å². The molecule has 4 saturated carbocycles. The molecule has 2 aromatic heterocycles. The Labute approximate surface area is 218 Å². The second-order valence-corrected chi connectivity index (χ2v) is 12.6. The van der Waals surface area contributed by atoms with Gasteiger partial charge >= 0.3 is 0 Å². The van der Waals surface area contributed by atoms with E-state index in [1.165, 1.54) is 38.5 Å². The highest BCUT2D eigenvalue weighted by molar-refractivity contribution is 5.94. The van der Waals surface area contributed by atoms with Gasteiger partial charge in [0.1, 0.15) is 17.2 Å². The zero-order chi connectivity index (χ0) is 25.7. The molecule has 0 aromatic carbocycles. The molecule has 8 heteroatoms. The second kappa shape index (κ2) is 9.44. The number of rotatable bonds is 6. The van der Waals surface area contributed by atoms with Gasteiger partial charge in [-0.15, -0.1) is 0 Å². The molecule has 0 spiro atoms. The normalized spacial score (nSPS) is 29.2. The third kappa shape index (κ3) is 4.87. The van der Waals surface area contributed by atoms with E-state index in [-0.39, 0.29) is 35.1 Å². The lowest BCUT2D eigenvalue weighted by molar-refractivity contribution is -0.125. The number of hydrogen-bond donors (Lipinski definition) is 2. The first-order valence-electron chi connectivity index (χ1n) is 14.1. The Balaban J connectivity index is 1.10. The quantitative estimate of drug-likeness (QED) is 0.613. The van der Waals surface area contributed by atoms with Gasteiger partial charge in [-0.25, -0.2) is 4.98 Å². The van der Waals surface area contributed by atoms with Crippen LogP contribution in [0.5, 0.6) is 0 Å². The number of fused-ring (bicyclic) bond motifs is 1. The Kier molecular flexibility index (Phi) is 6.24. The van der Waals surface area contributed by atoms with Crippen molar-refractivity contribution in [1.29, 1.82) is 0 Å². The van der Waals surface area contributed by atoms with Crippen molar-refractivity contribution in [3.63, 3.8) is 0 Å². The Morgan fingerprint density at radius 3 is 2.30 bits per heavy atom. The van der Waals surface area contributed by atoms with E-state index in [2.05, 4.69) is 15.6 Å². The maximum atomic E-state index is 13.2. The van der Waals surface area contributed by atoms with Crippen LogP contribution in [-0.2, 0) is 9.59 Å². The van der Waals surface area contributed by atoms with Gasteiger partial charge < -0.3 is 15.5 Å². The molecule has 198 valence electrons. The third-order valence-corrected chi connectivity index (χ3v) is 9.33. The summed E-state index contributed by atoms with van der Waals surface area (Å²) in [4.78, 5) is 44.8. The van der Waals surface area contributed by atoms with E-state index < -0.39 is 0 Å². The minimum Gasteiger partial charge on any atom is -0.353 e. The van der Waals surface area contributed by atoms with Crippen LogP contribution in [0, 0.1) is 29.1 Å². The van der Waals surface area contributed by atoms with Crippen molar-refractivity contribution >= 4 is 29.2 Å². The number of aromatic nitrogens is 2. The van der Waals surface area contributed by atoms with Crippen molar-refractivity contribution in [3.8, 4) is 0 Å². The molecular weight excluding hydrogens is 466 g/mol. The summed E-state index contributed by atoms with van der Waals surface area (Å²) >= 11 is 0. The molecule has 2 aromatic rings. The summed E-state index contributed by atoms with van der Waals surface area (Å²) in [6.07, 6.45) is 11.5. The van der Waals surface area contributed by atoms with Gasteiger partial charge in [0.15, 0.2) is 0 Å². The van der Waals surface area contributed by atoms with Crippen molar-refractivity contribution in [2.24, 2.45) is 29.1 Å². The van der Waals surface area contributed by atoms with E-state index in [0.717, 1.165) is 30.6 Å². The van der Waals surface area contributed by atoms with Crippen LogP contribution in [0.25, 0.3) is 5.65 Å². The molecule has 7 rings (SSSR count). The van der Waals surface area contributed by atoms with E-state index in [9.17, 15) is 14.4 Å². The summed E-state index contributed by atoms with van der Waals surface area (Å²) in [6.45, 7) is 4.95. The van der Waals surface area contributed by atoms with Gasteiger partial charge in [-0.05, 0) is 86.7 Å². The van der Waals surface area contributed by atoms with Crippen LogP contribution < -0.4 is 10.6 Å². The Morgan fingerprint density at radius 1 is 1.03 bits per heavy atom. The molecule has 0 unspecified atom stereocenters. The number of nitrogens with zero attached hydrogens (tertiary/aromatic N) is 3. The van der Waals surface area contributed by atoms with Crippen LogP contribution in [0.4, 0.5) is 5.82 Å². The maximum Gasteiger partial charge on any atom is 0.274 e. The minimum atomic E-state index is -0.108. The highest BCUT2D eigenvalue weighted by Gasteiger charge is 2.51. The SMILES string of the molecule is CC(C)C(=O)NC1CCN(C(=O)c2cn3c(NC(=O)CC45CC6CC(CC(C6)C4)C5)cccc3n2)CC1. The molecule has 37 heavy (non-hydrogen) atoms. The first-order valence-corrected chi connectivity index (χ1v) is 14.1. The van der Waals surface area contributed by atoms with E-state index in [0.29, 0.717) is 36.7 Å². The number of nitrogens with one attached hydrogen (secondary N) is 2. The Morgan fingerprint density at radius 2 is 1.68 bits per heavy atom. The lowest BCUT2D eigenvalue weighted by atomic mass is 9.49. The lowest BCUT2D eigenvalue weighted by Crippen LogP contribution is -2.47. The van der Waals surface area contributed by atoms with Crippen molar-refractivity contribution < 1.29 is 14.4 Å². The van der Waals surface area contributed by atoms with Gasteiger partial charge in [0.2, 0.25) is 11.8 Å². The van der Waals surface area contributed by atoms with Crippen LogP contribution in [0.1, 0.15) is 82.1 Å². The molecule has 4 aliphatic carbocycles. The van der Waals surface area contributed by atoms with Crippen LogP contribution >= 0.6 is 0 Å². The highest BCUT2D eigenvalue weighted by atomic mass is 16.2. The first-order chi connectivity index (χ1) is 17.8. The average Bonchev–Trinajstić information content (AvgIpc) is 3.28. The molecule has 5 aliphatic rings. The largest absolute Gasteiger partial charge is 0.353 e. The van der Waals surface area contributed by atoms with Crippen molar-refractivity contribution in [1.82, 2.24) is 19.6 Å². The van der Waals surface area contributed by atoms with Gasteiger partial charge in [-0.3, -0.25) is 18.8 Å². The van der Waals surface area contributed by atoms with Crippen molar-refractivity contribution in [3.05, 3.63) is 30.1 Å². The Hall–Kier alpha value is -2.90. The summed E-state index contributed by atoms with van der Waals surface area (Å²) in [5.74, 6) is 3.10. The number of pyridine rings is 1. The topological polar surface area (TPSA) is 95.8 Å². The lowest BCUT2D eigenvalue weighted by Gasteiger charge is -2.56. The molecule has 0 atom stereocenters. The number of piperidine rings is 1. The molecule has 1 aliphatic heterocycles. The minimum absolute atomic E-state index is 0.0418. The summed E-state index contributed by atoms with van der Waals surface area (Å²) in [5, 5.41) is 6.22. The fourth-order valence-electron chi connectivity index (χ4n) is 8.01. The summed E-state index contributed by atoms with van der Waals surface area (Å²) in [5.41, 5.74) is 1.21. The molecule has 2 N–H and O–H groups in total. The molecule has 3 heterocycles. The van der Waals surface area contributed by atoms with Gasteiger partial charge in [0, 0.05) is 37.7 Å². The monoisotopic (exact) mass is 505 g/mol. The second-order valence-electron chi connectivity index (χ2n) is 12.6. The summed E-state index contributed by atoms with van der Waals surface area (Å²) < 4.78 is 1.82. The molecule has 3 amide bonds. The zero-order valence-electron chi connectivity index (χ0n) is 22.0. The van der Waals surface area contributed by atoms with Crippen LogP contribution in [0.15, 0.2) is 24.4 Å². The van der Waals surface area contributed by atoms with E-state index in [1.54, 1.807) is 6.20 Å². The van der Waals surface area contributed by atoms with Gasteiger partial charge in [-0.2, -0.15) is 0 Å². The summed E-state index contributed by atoms with van der Waals surface area (Å²) in [6, 6.07) is 5.72. The standard InChI is InChI=1S/C29H39N5O3/c1-18(2)27(36)30-22-6-8-33(9-7-22)28(37)23-17-34-24(31-23)4-3-5-25(34)32-26(35)16-29-13-19-10-20(14-29)12-21(11-19)15-29/h3-5,17-22H,6-16H2,1-2H3,(H,30,36)(H,32,35). The predicted molar refractivity (Wildman–Crippen MR) is 141 cm³/mol. The number of anilines is 1. The number of imidazole rings is 1. The molecule has 0 radical (unpaired) electrons. The fraction of sp³-hybridized carbons (Fsp3) is 0.655. The van der Waals surface area contributed by atoms with Gasteiger partial charge in [-0.1, -0.05) is 19.9 Å². The molecule has 4 bridgehead atoms. The van der Waals surface area contributed by atoms with E-state index in [4.69, 9.17) is 0 Å². The zero-order valence-corrected chi connectivity index (χ0v) is 22.0. The predicted octanol–water partition coefficient (Wildman–Crippen LogP) is 4.26. The number of carbonyl (C=O) groups excluding carboxylic acids is 3.